The molecule has 4 aromatic rings. The summed E-state index contributed by atoms with van der Waals surface area (Å²) in [6, 6.07) is 18.8. The van der Waals surface area contributed by atoms with Crippen LogP contribution in [0.4, 0.5) is 10.5 Å². The number of fused-ring (bicyclic) bond motifs is 3. The standard InChI is InChI=1S/C22H20N4O2/c27-22(28)26-12-10-25(11-13-26)16-5-3-4-15(14-16)17-8-9-23-21-20(17)18-6-1-2-7-19(18)24-21/h1-9,14H,10-13H2,(H,23,24)(H,27,28). The number of nitrogens with one attached hydrogen (secondary N) is 1. The molecule has 5 rings (SSSR count). The van der Waals surface area contributed by atoms with Gasteiger partial charge < -0.3 is 19.9 Å². The van der Waals surface area contributed by atoms with E-state index in [9.17, 15) is 4.79 Å². The Bertz CT molecular complexity index is 1180. The van der Waals surface area contributed by atoms with Gasteiger partial charge in [0.15, 0.2) is 0 Å². The first-order chi connectivity index (χ1) is 13.7. The highest BCUT2D eigenvalue weighted by Crippen LogP contribution is 2.34. The molecular formula is C22H20N4O2. The van der Waals surface area contributed by atoms with Gasteiger partial charge in [0.05, 0.1) is 0 Å². The van der Waals surface area contributed by atoms with Crippen LogP contribution in [0.1, 0.15) is 0 Å². The predicted molar refractivity (Wildman–Crippen MR) is 111 cm³/mol. The number of amides is 1. The molecule has 0 atom stereocenters. The van der Waals surface area contributed by atoms with Gasteiger partial charge in [-0.15, -0.1) is 0 Å². The van der Waals surface area contributed by atoms with Crippen molar-refractivity contribution in [1.82, 2.24) is 14.9 Å². The SMILES string of the molecule is O=C(O)N1CCN(c2cccc(-c3ccnc4[nH]c5ccccc5c34)c2)CC1. The summed E-state index contributed by atoms with van der Waals surface area (Å²) in [5.74, 6) is 0. The van der Waals surface area contributed by atoms with Crippen LogP contribution in [0, 0.1) is 0 Å². The van der Waals surface area contributed by atoms with E-state index in [-0.39, 0.29) is 0 Å². The zero-order valence-electron chi connectivity index (χ0n) is 15.3. The molecule has 1 aliphatic heterocycles. The Balaban J connectivity index is 1.55. The summed E-state index contributed by atoms with van der Waals surface area (Å²) in [5, 5.41) is 11.5. The van der Waals surface area contributed by atoms with Crippen molar-refractivity contribution in [2.75, 3.05) is 31.1 Å². The van der Waals surface area contributed by atoms with Crippen molar-refractivity contribution in [3.05, 3.63) is 60.8 Å². The number of pyridine rings is 1. The van der Waals surface area contributed by atoms with Gasteiger partial charge in [0.25, 0.3) is 0 Å². The van der Waals surface area contributed by atoms with Gasteiger partial charge >= 0.3 is 6.09 Å². The molecular weight excluding hydrogens is 352 g/mol. The van der Waals surface area contributed by atoms with Crippen molar-refractivity contribution < 1.29 is 9.90 Å². The van der Waals surface area contributed by atoms with Crippen LogP contribution in [0.25, 0.3) is 33.1 Å². The zero-order valence-corrected chi connectivity index (χ0v) is 15.3. The van der Waals surface area contributed by atoms with E-state index in [1.807, 2.05) is 18.3 Å². The fourth-order valence-corrected chi connectivity index (χ4v) is 4.03. The number of carbonyl (C=O) groups is 1. The lowest BCUT2D eigenvalue weighted by Gasteiger charge is -2.34. The Kier molecular flexibility index (Phi) is 3.90. The van der Waals surface area contributed by atoms with E-state index in [1.165, 1.54) is 10.3 Å². The van der Waals surface area contributed by atoms with Gasteiger partial charge in [0, 0.05) is 54.4 Å². The topological polar surface area (TPSA) is 72.5 Å². The number of aromatic amines is 1. The monoisotopic (exact) mass is 372 g/mol. The molecule has 2 N–H and O–H groups in total. The molecule has 1 amide bonds. The number of para-hydroxylation sites is 1. The molecule has 1 fully saturated rings. The van der Waals surface area contributed by atoms with Crippen molar-refractivity contribution in [2.24, 2.45) is 0 Å². The van der Waals surface area contributed by atoms with E-state index in [1.54, 1.807) is 0 Å². The summed E-state index contributed by atoms with van der Waals surface area (Å²) < 4.78 is 0. The number of nitrogens with zero attached hydrogens (tertiary/aromatic N) is 3. The minimum absolute atomic E-state index is 0.529. The van der Waals surface area contributed by atoms with Crippen LogP contribution >= 0.6 is 0 Å². The Morgan fingerprint density at radius 2 is 1.82 bits per heavy atom. The lowest BCUT2D eigenvalue weighted by Crippen LogP contribution is -2.48. The van der Waals surface area contributed by atoms with E-state index < -0.39 is 6.09 Å². The van der Waals surface area contributed by atoms with Gasteiger partial charge in [-0.25, -0.2) is 9.78 Å². The molecule has 0 spiro atoms. The molecule has 0 unspecified atom stereocenters. The van der Waals surface area contributed by atoms with E-state index in [0.29, 0.717) is 26.2 Å². The van der Waals surface area contributed by atoms with Crippen LogP contribution in [-0.2, 0) is 0 Å². The first kappa shape index (κ1) is 16.6. The summed E-state index contributed by atoms with van der Waals surface area (Å²) in [6.45, 7) is 2.46. The van der Waals surface area contributed by atoms with Crippen LogP contribution in [-0.4, -0.2) is 52.2 Å². The number of benzene rings is 2. The quantitative estimate of drug-likeness (QED) is 0.554. The second-order valence-electron chi connectivity index (χ2n) is 7.06. The third kappa shape index (κ3) is 2.74. The fraction of sp³-hybridized carbons (Fsp3) is 0.182. The van der Waals surface area contributed by atoms with E-state index in [4.69, 9.17) is 5.11 Å². The minimum Gasteiger partial charge on any atom is -0.465 e. The molecule has 6 heteroatoms. The molecule has 1 saturated heterocycles. The van der Waals surface area contributed by atoms with Gasteiger partial charge in [-0.2, -0.15) is 0 Å². The second kappa shape index (κ2) is 6.56. The van der Waals surface area contributed by atoms with E-state index in [0.717, 1.165) is 33.4 Å². The molecule has 0 aliphatic carbocycles. The smallest absolute Gasteiger partial charge is 0.407 e. The van der Waals surface area contributed by atoms with Crippen molar-refractivity contribution in [3.63, 3.8) is 0 Å². The molecule has 2 aromatic carbocycles. The van der Waals surface area contributed by atoms with Gasteiger partial charge in [-0.1, -0.05) is 30.3 Å². The molecule has 1 aliphatic rings. The Labute approximate surface area is 162 Å². The predicted octanol–water partition coefficient (Wildman–Crippen LogP) is 4.18. The normalized spacial score (nSPS) is 14.7. The third-order valence-corrected chi connectivity index (χ3v) is 5.47. The first-order valence-electron chi connectivity index (χ1n) is 9.39. The van der Waals surface area contributed by atoms with Gasteiger partial charge in [-0.05, 0) is 35.4 Å². The van der Waals surface area contributed by atoms with E-state index >= 15 is 0 Å². The molecule has 6 nitrogen and oxygen atoms in total. The number of aromatic nitrogens is 2. The van der Waals surface area contributed by atoms with Crippen molar-refractivity contribution in [3.8, 4) is 11.1 Å². The average Bonchev–Trinajstić information content (AvgIpc) is 3.13. The van der Waals surface area contributed by atoms with Crippen molar-refractivity contribution in [1.29, 1.82) is 0 Å². The Morgan fingerprint density at radius 1 is 1.00 bits per heavy atom. The molecule has 2 aromatic heterocycles. The maximum absolute atomic E-state index is 11.1. The van der Waals surface area contributed by atoms with Crippen LogP contribution in [0.3, 0.4) is 0 Å². The summed E-state index contributed by atoms with van der Waals surface area (Å²) in [4.78, 5) is 22.8. The number of piperazine rings is 1. The van der Waals surface area contributed by atoms with Gasteiger partial charge in [0.1, 0.15) is 5.65 Å². The van der Waals surface area contributed by atoms with Gasteiger partial charge in [0.2, 0.25) is 0 Å². The lowest BCUT2D eigenvalue weighted by atomic mass is 10.0. The van der Waals surface area contributed by atoms with Crippen LogP contribution < -0.4 is 4.90 Å². The maximum Gasteiger partial charge on any atom is 0.407 e. The average molecular weight is 372 g/mol. The summed E-state index contributed by atoms with van der Waals surface area (Å²) in [7, 11) is 0. The largest absolute Gasteiger partial charge is 0.465 e. The molecule has 0 saturated carbocycles. The summed E-state index contributed by atoms with van der Waals surface area (Å²) in [6.07, 6.45) is 0.998. The second-order valence-corrected chi connectivity index (χ2v) is 7.06. The number of anilines is 1. The number of carboxylic acid groups (broad SMARTS) is 1. The fourth-order valence-electron chi connectivity index (χ4n) is 4.03. The summed E-state index contributed by atoms with van der Waals surface area (Å²) in [5.41, 5.74) is 5.37. The van der Waals surface area contributed by atoms with Crippen LogP contribution in [0.15, 0.2) is 60.8 Å². The highest BCUT2D eigenvalue weighted by Gasteiger charge is 2.21. The zero-order chi connectivity index (χ0) is 19.1. The minimum atomic E-state index is -0.841. The van der Waals surface area contributed by atoms with Crippen molar-refractivity contribution >= 4 is 33.7 Å². The maximum atomic E-state index is 11.1. The summed E-state index contributed by atoms with van der Waals surface area (Å²) >= 11 is 0. The number of H-pyrrole nitrogens is 1. The highest BCUT2D eigenvalue weighted by atomic mass is 16.4. The molecule has 3 heterocycles. The Morgan fingerprint density at radius 3 is 2.64 bits per heavy atom. The van der Waals surface area contributed by atoms with Crippen LogP contribution in [0.5, 0.6) is 0 Å². The molecule has 0 bridgehead atoms. The van der Waals surface area contributed by atoms with Gasteiger partial charge in [-0.3, -0.25) is 0 Å². The number of hydrogen-bond donors (Lipinski definition) is 2. The van der Waals surface area contributed by atoms with E-state index in [2.05, 4.69) is 57.3 Å². The number of rotatable bonds is 2. The lowest BCUT2D eigenvalue weighted by molar-refractivity contribution is 0.142. The van der Waals surface area contributed by atoms with Crippen LogP contribution in [0.2, 0.25) is 0 Å². The molecule has 140 valence electrons. The van der Waals surface area contributed by atoms with Crippen molar-refractivity contribution in [2.45, 2.75) is 0 Å². The number of hydrogen-bond acceptors (Lipinski definition) is 3. The third-order valence-electron chi connectivity index (χ3n) is 5.47. The molecule has 0 radical (unpaired) electrons. The Hall–Kier alpha value is -3.54. The first-order valence-corrected chi connectivity index (χ1v) is 9.39. The highest BCUT2D eigenvalue weighted by molar-refractivity contribution is 6.12. The molecule has 28 heavy (non-hydrogen) atoms.